The lowest BCUT2D eigenvalue weighted by molar-refractivity contribution is -0.946. The summed E-state index contributed by atoms with van der Waals surface area (Å²) in [5.74, 6) is 1.75. The molecule has 3 aliphatic heterocycles. The van der Waals surface area contributed by atoms with Gasteiger partial charge in [-0.1, -0.05) is 61.4 Å². The number of aromatic hydroxyl groups is 1. The Bertz CT molecular complexity index is 1440. The van der Waals surface area contributed by atoms with Crippen LogP contribution in [0.3, 0.4) is 0 Å². The van der Waals surface area contributed by atoms with Crippen LogP contribution in [-0.2, 0) is 23.4 Å². The van der Waals surface area contributed by atoms with E-state index < -0.39 is 11.7 Å². The zero-order valence-electron chi connectivity index (χ0n) is 28.9. The van der Waals surface area contributed by atoms with E-state index >= 15 is 0 Å². The van der Waals surface area contributed by atoms with Crippen LogP contribution in [0.5, 0.6) is 11.5 Å². The number of piperidine rings is 3. The fourth-order valence-corrected chi connectivity index (χ4v) is 8.40. The number of ether oxygens (including phenoxy) is 2. The number of nitrogens with one attached hydrogen (secondary N) is 1. The fourth-order valence-electron chi connectivity index (χ4n) is 8.40. The first kappa shape index (κ1) is 37.7. The number of quaternary nitrogens is 1. The number of aliphatic hydroxyl groups excluding tert-OH is 2. The van der Waals surface area contributed by atoms with Gasteiger partial charge in [0.2, 0.25) is 0 Å². The fraction of sp³-hybridized carbons (Fsp3) is 0.550. The predicted octanol–water partition coefficient (Wildman–Crippen LogP) is 2.23. The molecule has 0 radical (unpaired) electrons. The summed E-state index contributed by atoms with van der Waals surface area (Å²) >= 11 is 0. The van der Waals surface area contributed by atoms with Crippen LogP contribution >= 0.6 is 0 Å². The number of hydrogen-bond donors (Lipinski definition) is 5. The molecule has 1 saturated carbocycles. The molecular weight excluding hydrogens is 684 g/mol. The Balaban J connectivity index is 0.00000468. The summed E-state index contributed by atoms with van der Waals surface area (Å²) in [5.41, 5.74) is 2.34. The van der Waals surface area contributed by atoms with E-state index in [9.17, 15) is 20.4 Å². The molecule has 1 aliphatic carbocycles. The van der Waals surface area contributed by atoms with Gasteiger partial charge < -0.3 is 56.7 Å². The van der Waals surface area contributed by atoms with Crippen molar-refractivity contribution < 1.29 is 51.4 Å². The van der Waals surface area contributed by atoms with Crippen molar-refractivity contribution in [1.82, 2.24) is 5.32 Å². The normalized spacial score (nSPS) is 24.6. The van der Waals surface area contributed by atoms with Crippen molar-refractivity contribution in [2.24, 2.45) is 11.8 Å². The number of halogens is 1. The maximum Gasteiger partial charge on any atom is 0.137 e. The topological polar surface area (TPSA) is 111 Å². The number of benzene rings is 3. The molecule has 0 aromatic heterocycles. The zero-order chi connectivity index (χ0) is 33.6. The summed E-state index contributed by atoms with van der Waals surface area (Å²) in [5, 5.41) is 45.2. The second-order valence-corrected chi connectivity index (χ2v) is 14.7. The van der Waals surface area contributed by atoms with E-state index in [1.165, 1.54) is 50.4 Å². The van der Waals surface area contributed by atoms with Crippen LogP contribution in [0.15, 0.2) is 72.8 Å². The molecule has 268 valence electrons. The highest BCUT2D eigenvalue weighted by molar-refractivity contribution is 5.36. The summed E-state index contributed by atoms with van der Waals surface area (Å²) in [6, 6.07) is 23.5. The Morgan fingerprint density at radius 3 is 2.37 bits per heavy atom. The third-order valence-electron chi connectivity index (χ3n) is 11.5. The first-order chi connectivity index (χ1) is 23.3. The standard InChI is InChI=1S/C40H54N2O6.BrH/c1-29(41-25-38(45)32-13-16-37(44)33(24-32)27-43)23-30-11-14-36(15-12-30)47-22-21-42-19-17-31(18-20-42)39(26-42)48-28-40(46,35-9-5-6-10-35)34-7-3-2-4-8-34;/h2-4,7-8,11-16,24,29,31,35,38-39,41,43,45-46H,5-6,9-10,17-23,25-28H2,1H3;1H/t29-,31?,38-,39-,40+,42?;/m0./s1. The van der Waals surface area contributed by atoms with Gasteiger partial charge in [0.05, 0.1) is 32.4 Å². The smallest absolute Gasteiger partial charge is 0.137 e. The number of phenols is 1. The van der Waals surface area contributed by atoms with Gasteiger partial charge in [-0.15, -0.1) is 0 Å². The molecule has 7 rings (SSSR count). The molecule has 0 spiro atoms. The number of hydrogen-bond acceptors (Lipinski definition) is 7. The molecular formula is C40H55BrN2O6. The lowest BCUT2D eigenvalue weighted by atomic mass is 9.80. The van der Waals surface area contributed by atoms with Crippen LogP contribution in [-0.4, -0.2) is 83.0 Å². The molecule has 3 heterocycles. The average Bonchev–Trinajstić information content (AvgIpc) is 3.68. The lowest BCUT2D eigenvalue weighted by Crippen LogP contribution is -3.00. The van der Waals surface area contributed by atoms with E-state index in [-0.39, 0.29) is 47.4 Å². The molecule has 0 unspecified atom stereocenters. The largest absolute Gasteiger partial charge is 1.00 e. The molecule has 3 saturated heterocycles. The molecule has 3 aromatic rings. The second kappa shape index (κ2) is 17.1. The Kier molecular flexibility index (Phi) is 13.2. The maximum absolute atomic E-state index is 12.0. The van der Waals surface area contributed by atoms with Gasteiger partial charge in [0.1, 0.15) is 42.9 Å². The minimum atomic E-state index is -0.919. The summed E-state index contributed by atoms with van der Waals surface area (Å²) < 4.78 is 14.0. The molecule has 2 bridgehead atoms. The van der Waals surface area contributed by atoms with Crippen molar-refractivity contribution in [3.63, 3.8) is 0 Å². The highest BCUT2D eigenvalue weighted by atomic mass is 79.9. The Morgan fingerprint density at radius 1 is 0.959 bits per heavy atom. The second-order valence-electron chi connectivity index (χ2n) is 14.7. The maximum atomic E-state index is 12.0. The van der Waals surface area contributed by atoms with Gasteiger partial charge in [-0.2, -0.15) is 0 Å². The van der Waals surface area contributed by atoms with Crippen LogP contribution in [0.4, 0.5) is 0 Å². The number of aliphatic hydroxyl groups is 3. The minimum absolute atomic E-state index is 0. The van der Waals surface area contributed by atoms with Crippen LogP contribution in [0.1, 0.15) is 73.8 Å². The number of fused-ring (bicyclic) bond motifs is 3. The van der Waals surface area contributed by atoms with Gasteiger partial charge in [0.25, 0.3) is 0 Å². The highest BCUT2D eigenvalue weighted by Gasteiger charge is 2.48. The van der Waals surface area contributed by atoms with Crippen molar-refractivity contribution in [2.75, 3.05) is 45.9 Å². The minimum Gasteiger partial charge on any atom is -1.00 e. The molecule has 5 N–H and O–H groups in total. The first-order valence-electron chi connectivity index (χ1n) is 18.1. The summed E-state index contributed by atoms with van der Waals surface area (Å²) in [4.78, 5) is 0. The Labute approximate surface area is 302 Å². The van der Waals surface area contributed by atoms with Crippen LogP contribution < -0.4 is 27.0 Å². The Hall–Kier alpha value is -2.50. The number of nitrogens with zero attached hydrogens (tertiary/aromatic N) is 1. The van der Waals surface area contributed by atoms with Gasteiger partial charge in [-0.05, 0) is 73.1 Å². The zero-order valence-corrected chi connectivity index (χ0v) is 30.4. The summed E-state index contributed by atoms with van der Waals surface area (Å²) in [7, 11) is 0. The predicted molar refractivity (Wildman–Crippen MR) is 187 cm³/mol. The van der Waals surface area contributed by atoms with E-state index in [0.717, 1.165) is 48.1 Å². The van der Waals surface area contributed by atoms with Gasteiger partial charge in [-0.3, -0.25) is 0 Å². The monoisotopic (exact) mass is 738 g/mol. The van der Waals surface area contributed by atoms with Gasteiger partial charge in [0, 0.05) is 36.9 Å². The van der Waals surface area contributed by atoms with Gasteiger partial charge in [0.15, 0.2) is 0 Å². The van der Waals surface area contributed by atoms with Crippen LogP contribution in [0.25, 0.3) is 0 Å². The summed E-state index contributed by atoms with van der Waals surface area (Å²) in [6.45, 7) is 7.55. The number of rotatable bonds is 16. The molecule has 4 aliphatic rings. The third-order valence-corrected chi connectivity index (χ3v) is 11.5. The van der Waals surface area contributed by atoms with E-state index in [2.05, 4.69) is 36.5 Å². The molecule has 8 nitrogen and oxygen atoms in total. The van der Waals surface area contributed by atoms with Crippen molar-refractivity contribution in [3.8, 4) is 11.5 Å². The lowest BCUT2D eigenvalue weighted by Gasteiger charge is -2.52. The molecule has 4 fully saturated rings. The molecule has 49 heavy (non-hydrogen) atoms. The summed E-state index contributed by atoms with van der Waals surface area (Å²) in [6.07, 6.45) is 7.12. The van der Waals surface area contributed by atoms with Crippen molar-refractivity contribution in [1.29, 1.82) is 0 Å². The SMILES string of the molecule is C[C@@H](Cc1ccc(OCC[N+]23CCC(CC2)[C@@H](OC[C@@](O)(c2ccccc2)C2CCCC2)C3)cc1)NC[C@H](O)c1ccc(O)c(CO)c1.[Br-]. The molecule has 9 heteroatoms. The third kappa shape index (κ3) is 9.25. The molecule has 3 aromatic carbocycles. The average molecular weight is 740 g/mol. The molecule has 4 atom stereocenters. The Morgan fingerprint density at radius 2 is 1.67 bits per heavy atom. The van der Waals surface area contributed by atoms with Crippen molar-refractivity contribution in [3.05, 3.63) is 95.1 Å². The van der Waals surface area contributed by atoms with Crippen LogP contribution in [0.2, 0.25) is 0 Å². The van der Waals surface area contributed by atoms with E-state index in [0.29, 0.717) is 36.8 Å². The van der Waals surface area contributed by atoms with Crippen LogP contribution in [0, 0.1) is 11.8 Å². The first-order valence-corrected chi connectivity index (χ1v) is 18.1. The van der Waals surface area contributed by atoms with Gasteiger partial charge >= 0.3 is 0 Å². The highest BCUT2D eigenvalue weighted by Crippen LogP contribution is 2.42. The van der Waals surface area contributed by atoms with E-state index in [1.807, 2.05) is 30.3 Å². The van der Waals surface area contributed by atoms with E-state index in [1.54, 1.807) is 12.1 Å². The van der Waals surface area contributed by atoms with Crippen molar-refractivity contribution >= 4 is 0 Å². The molecule has 0 amide bonds. The van der Waals surface area contributed by atoms with Crippen molar-refractivity contribution in [2.45, 2.75) is 82.3 Å². The van der Waals surface area contributed by atoms with E-state index in [4.69, 9.17) is 9.47 Å². The van der Waals surface area contributed by atoms with Gasteiger partial charge in [-0.25, -0.2) is 0 Å². The quantitative estimate of drug-likeness (QED) is 0.144.